The number of hydrogen-bond donors (Lipinski definition) is 2. The van der Waals surface area contributed by atoms with E-state index < -0.39 is 29.3 Å². The minimum Gasteiger partial charge on any atom is -0.429 e. The minimum absolute atomic E-state index is 0.0875. The molecule has 9 heteroatoms. The Labute approximate surface area is 123 Å². The highest BCUT2D eigenvalue weighted by Gasteiger charge is 2.42. The molecule has 1 aromatic carbocycles. The Bertz CT molecular complexity index is 518. The van der Waals surface area contributed by atoms with Gasteiger partial charge in [-0.25, -0.2) is 4.39 Å². The summed E-state index contributed by atoms with van der Waals surface area (Å²) in [6.07, 6.45) is -4.26. The van der Waals surface area contributed by atoms with Crippen LogP contribution in [0.25, 0.3) is 0 Å². The molecule has 0 spiro atoms. The third-order valence-electron chi connectivity index (χ3n) is 2.06. The van der Waals surface area contributed by atoms with Gasteiger partial charge in [0, 0.05) is 37.4 Å². The van der Waals surface area contributed by atoms with Gasteiger partial charge in [0.25, 0.3) is 5.63 Å². The quantitative estimate of drug-likeness (QED) is 0.818. The summed E-state index contributed by atoms with van der Waals surface area (Å²) in [6.45, 7) is 2.41. The molecule has 2 amide bonds. The Hall–Kier alpha value is -1.96. The Balaban J connectivity index is 3.11. The fraction of sp³-hybridized carbons (Fsp3) is 0.333. The number of ether oxygens (including phenoxy) is 1. The number of halogens is 4. The molecule has 0 aliphatic carbocycles. The lowest BCUT2D eigenvalue weighted by atomic mass is 10.2. The highest BCUT2D eigenvalue weighted by molar-refractivity contribution is 6.20. The summed E-state index contributed by atoms with van der Waals surface area (Å²) >= 11 is 4.69. The molecule has 0 fully saturated rings. The maximum absolute atomic E-state index is 13.1. The predicted octanol–water partition coefficient (Wildman–Crippen LogP) is 3.11. The summed E-state index contributed by atoms with van der Waals surface area (Å²) in [6, 6.07) is 3.40. The van der Waals surface area contributed by atoms with E-state index in [0.717, 1.165) is 12.1 Å². The number of amides is 2. The highest BCUT2D eigenvalue weighted by Crippen LogP contribution is 2.32. The van der Waals surface area contributed by atoms with Crippen LogP contribution in [0.15, 0.2) is 18.2 Å². The molecule has 1 rings (SSSR count). The maximum atomic E-state index is 13.1. The standard InChI is InChI=1S/C12H12ClF3N2O3/c1-6(19)17-8-3-9(18-7(2)20)5-10(4-8)21-12(15,16)11(13)14/h3-5,11H,1-2H3,(H,17,19)(H,18,20)/t11-/m1/s1. The van der Waals surface area contributed by atoms with Crippen LogP contribution in [0.1, 0.15) is 13.8 Å². The van der Waals surface area contributed by atoms with Crippen LogP contribution in [0.2, 0.25) is 0 Å². The molecule has 0 saturated heterocycles. The second kappa shape index (κ2) is 6.66. The molecule has 0 aliphatic rings. The third-order valence-corrected chi connectivity index (χ3v) is 2.31. The first-order chi connectivity index (χ1) is 9.60. The van der Waals surface area contributed by atoms with Crippen molar-refractivity contribution >= 4 is 34.8 Å². The van der Waals surface area contributed by atoms with Crippen LogP contribution in [-0.2, 0) is 9.59 Å². The van der Waals surface area contributed by atoms with E-state index in [-0.39, 0.29) is 11.4 Å². The zero-order chi connectivity index (χ0) is 16.2. The Morgan fingerprint density at radius 1 is 1.14 bits per heavy atom. The summed E-state index contributed by atoms with van der Waals surface area (Å²) in [4.78, 5) is 22.0. The van der Waals surface area contributed by atoms with Crippen LogP contribution >= 0.6 is 11.6 Å². The van der Waals surface area contributed by atoms with E-state index in [9.17, 15) is 22.8 Å². The van der Waals surface area contributed by atoms with Crippen molar-refractivity contribution in [2.75, 3.05) is 10.6 Å². The van der Waals surface area contributed by atoms with Crippen molar-refractivity contribution in [3.05, 3.63) is 18.2 Å². The molecule has 0 radical (unpaired) electrons. The molecule has 0 aromatic heterocycles. The zero-order valence-electron chi connectivity index (χ0n) is 11.0. The van der Waals surface area contributed by atoms with Crippen LogP contribution in [0.3, 0.4) is 0 Å². The predicted molar refractivity (Wildman–Crippen MR) is 71.4 cm³/mol. The van der Waals surface area contributed by atoms with Crippen LogP contribution in [0, 0.1) is 0 Å². The van der Waals surface area contributed by atoms with Crippen molar-refractivity contribution in [2.45, 2.75) is 25.6 Å². The van der Waals surface area contributed by atoms with Gasteiger partial charge in [-0.2, -0.15) is 8.78 Å². The van der Waals surface area contributed by atoms with E-state index in [1.807, 2.05) is 0 Å². The fourth-order valence-corrected chi connectivity index (χ4v) is 1.46. The minimum atomic E-state index is -4.26. The molecule has 1 aromatic rings. The molecule has 0 saturated carbocycles. The lowest BCUT2D eigenvalue weighted by molar-refractivity contribution is -0.198. The summed E-state index contributed by atoms with van der Waals surface area (Å²) in [7, 11) is 0. The lowest BCUT2D eigenvalue weighted by Crippen LogP contribution is -2.32. The fourth-order valence-electron chi connectivity index (χ4n) is 1.41. The molecule has 5 nitrogen and oxygen atoms in total. The van der Waals surface area contributed by atoms with E-state index in [0.29, 0.717) is 0 Å². The van der Waals surface area contributed by atoms with Gasteiger partial charge >= 0.3 is 6.11 Å². The number of hydrogen-bond acceptors (Lipinski definition) is 3. The number of alkyl halides is 4. The van der Waals surface area contributed by atoms with Gasteiger partial charge in [-0.05, 0) is 6.07 Å². The van der Waals surface area contributed by atoms with E-state index in [1.165, 1.54) is 19.9 Å². The van der Waals surface area contributed by atoms with Crippen LogP contribution in [0.5, 0.6) is 5.75 Å². The van der Waals surface area contributed by atoms with E-state index in [2.05, 4.69) is 27.0 Å². The molecule has 1 atom stereocenters. The number of carbonyl (C=O) groups is 2. The first-order valence-corrected chi connectivity index (χ1v) is 6.09. The largest absolute Gasteiger partial charge is 0.444 e. The lowest BCUT2D eigenvalue weighted by Gasteiger charge is -2.19. The second-order valence-electron chi connectivity index (χ2n) is 4.07. The smallest absolute Gasteiger partial charge is 0.429 e. The first kappa shape index (κ1) is 17.1. The monoisotopic (exact) mass is 324 g/mol. The Morgan fingerprint density at radius 3 is 1.90 bits per heavy atom. The molecule has 0 unspecified atom stereocenters. The van der Waals surface area contributed by atoms with Gasteiger partial charge in [-0.1, -0.05) is 11.6 Å². The Morgan fingerprint density at radius 2 is 1.57 bits per heavy atom. The normalized spacial score (nSPS) is 12.5. The number of rotatable bonds is 5. The molecule has 0 bridgehead atoms. The van der Waals surface area contributed by atoms with Gasteiger partial charge in [0.2, 0.25) is 11.8 Å². The SMILES string of the molecule is CC(=O)Nc1cc(NC(C)=O)cc(OC(F)(F)[C@@H](F)Cl)c1. The molecule has 116 valence electrons. The average Bonchev–Trinajstić information content (AvgIpc) is 2.25. The van der Waals surface area contributed by atoms with E-state index in [4.69, 9.17) is 0 Å². The van der Waals surface area contributed by atoms with Crippen molar-refractivity contribution in [3.8, 4) is 5.75 Å². The number of carbonyl (C=O) groups excluding carboxylic acids is 2. The van der Waals surface area contributed by atoms with E-state index >= 15 is 0 Å². The maximum Gasteiger partial charge on any atom is 0.444 e. The highest BCUT2D eigenvalue weighted by atomic mass is 35.5. The average molecular weight is 325 g/mol. The summed E-state index contributed by atoms with van der Waals surface area (Å²) < 4.78 is 42.9. The van der Waals surface area contributed by atoms with Gasteiger partial charge in [0.1, 0.15) is 5.75 Å². The van der Waals surface area contributed by atoms with Crippen LogP contribution < -0.4 is 15.4 Å². The van der Waals surface area contributed by atoms with Crippen molar-refractivity contribution in [3.63, 3.8) is 0 Å². The molecule has 21 heavy (non-hydrogen) atoms. The van der Waals surface area contributed by atoms with Crippen molar-refractivity contribution in [1.29, 1.82) is 0 Å². The zero-order valence-corrected chi connectivity index (χ0v) is 11.8. The molecule has 0 aliphatic heterocycles. The first-order valence-electron chi connectivity index (χ1n) is 5.65. The molecular formula is C12H12ClF3N2O3. The van der Waals surface area contributed by atoms with Crippen LogP contribution in [-0.4, -0.2) is 23.6 Å². The van der Waals surface area contributed by atoms with Gasteiger partial charge in [-0.15, -0.1) is 0 Å². The summed E-state index contributed by atoms with van der Waals surface area (Å²) in [5.74, 6) is -1.40. The van der Waals surface area contributed by atoms with Crippen molar-refractivity contribution in [1.82, 2.24) is 0 Å². The number of anilines is 2. The second-order valence-corrected chi connectivity index (χ2v) is 4.46. The van der Waals surface area contributed by atoms with E-state index in [1.54, 1.807) is 0 Å². The van der Waals surface area contributed by atoms with Crippen molar-refractivity contribution < 1.29 is 27.5 Å². The topological polar surface area (TPSA) is 67.4 Å². The van der Waals surface area contributed by atoms with Gasteiger partial charge in [-0.3, -0.25) is 9.59 Å². The summed E-state index contributed by atoms with van der Waals surface area (Å²) in [5, 5.41) is 4.66. The third kappa shape index (κ3) is 5.50. The molecular weight excluding hydrogens is 313 g/mol. The van der Waals surface area contributed by atoms with Crippen molar-refractivity contribution in [2.24, 2.45) is 0 Å². The number of benzene rings is 1. The van der Waals surface area contributed by atoms with Crippen LogP contribution in [0.4, 0.5) is 24.5 Å². The Kier molecular flexibility index (Phi) is 5.42. The number of nitrogens with one attached hydrogen (secondary N) is 2. The summed E-state index contributed by atoms with van der Waals surface area (Å²) in [5.41, 5.74) is -2.87. The van der Waals surface area contributed by atoms with Gasteiger partial charge in [0.15, 0.2) is 0 Å². The molecule has 2 N–H and O–H groups in total. The van der Waals surface area contributed by atoms with Gasteiger partial charge < -0.3 is 15.4 Å². The molecule has 0 heterocycles. The van der Waals surface area contributed by atoms with Gasteiger partial charge in [0.05, 0.1) is 0 Å².